The summed E-state index contributed by atoms with van der Waals surface area (Å²) in [6.07, 6.45) is 4.20. The van der Waals surface area contributed by atoms with Crippen LogP contribution in [0, 0.1) is 0 Å². The summed E-state index contributed by atoms with van der Waals surface area (Å²) in [5, 5.41) is 20.8. The van der Waals surface area contributed by atoms with E-state index in [0.717, 1.165) is 0 Å². The standard InChI is InChI=1S/C13H11N3O4/c1-2-7-5-8-11(15-4-3-14-8)10(12(7)19)13(20)16-6-9(17)18/h2-5,19H,1,6H2,(H,16,20)(H,17,18). The van der Waals surface area contributed by atoms with Crippen LogP contribution in [0.2, 0.25) is 0 Å². The smallest absolute Gasteiger partial charge is 0.322 e. The number of carboxylic acid groups (broad SMARTS) is 1. The number of carbonyl (C=O) groups excluding carboxylic acids is 1. The fourth-order valence-corrected chi connectivity index (χ4v) is 1.73. The van der Waals surface area contributed by atoms with Gasteiger partial charge in [-0.2, -0.15) is 0 Å². The number of phenols is 1. The number of aromatic nitrogens is 2. The van der Waals surface area contributed by atoms with E-state index in [4.69, 9.17) is 5.11 Å². The molecule has 0 aliphatic carbocycles. The summed E-state index contributed by atoms with van der Waals surface area (Å²) >= 11 is 0. The molecule has 102 valence electrons. The van der Waals surface area contributed by atoms with Crippen molar-refractivity contribution in [1.82, 2.24) is 15.3 Å². The summed E-state index contributed by atoms with van der Waals surface area (Å²) in [6, 6.07) is 1.54. The van der Waals surface area contributed by atoms with Gasteiger partial charge in [-0.05, 0) is 6.07 Å². The van der Waals surface area contributed by atoms with E-state index in [2.05, 4.69) is 21.9 Å². The predicted molar refractivity (Wildman–Crippen MR) is 71.3 cm³/mol. The van der Waals surface area contributed by atoms with Gasteiger partial charge in [-0.3, -0.25) is 19.6 Å². The van der Waals surface area contributed by atoms with Gasteiger partial charge in [0.1, 0.15) is 23.4 Å². The Morgan fingerprint density at radius 1 is 1.35 bits per heavy atom. The second-order valence-corrected chi connectivity index (χ2v) is 3.89. The lowest BCUT2D eigenvalue weighted by atomic mass is 10.1. The number of hydrogen-bond acceptors (Lipinski definition) is 5. The number of hydrogen-bond donors (Lipinski definition) is 3. The Morgan fingerprint density at radius 2 is 2.05 bits per heavy atom. The number of nitrogens with zero attached hydrogens (tertiary/aromatic N) is 2. The maximum atomic E-state index is 12.0. The number of carboxylic acids is 1. The van der Waals surface area contributed by atoms with Gasteiger partial charge in [0.15, 0.2) is 0 Å². The topological polar surface area (TPSA) is 112 Å². The maximum Gasteiger partial charge on any atom is 0.322 e. The summed E-state index contributed by atoms with van der Waals surface area (Å²) in [6.45, 7) is 2.98. The molecule has 0 unspecified atom stereocenters. The van der Waals surface area contributed by atoms with Crippen molar-refractivity contribution in [2.45, 2.75) is 0 Å². The summed E-state index contributed by atoms with van der Waals surface area (Å²) in [4.78, 5) is 30.6. The largest absolute Gasteiger partial charge is 0.506 e. The average Bonchev–Trinajstić information content (AvgIpc) is 2.44. The average molecular weight is 273 g/mol. The van der Waals surface area contributed by atoms with Crippen LogP contribution in [0.15, 0.2) is 25.0 Å². The highest BCUT2D eigenvalue weighted by atomic mass is 16.4. The first kappa shape index (κ1) is 13.5. The highest BCUT2D eigenvalue weighted by Gasteiger charge is 2.20. The van der Waals surface area contributed by atoms with Crippen LogP contribution in [0.3, 0.4) is 0 Å². The monoisotopic (exact) mass is 273 g/mol. The van der Waals surface area contributed by atoms with Gasteiger partial charge in [0.05, 0.1) is 5.52 Å². The summed E-state index contributed by atoms with van der Waals surface area (Å²) in [7, 11) is 0. The summed E-state index contributed by atoms with van der Waals surface area (Å²) in [5.41, 5.74) is 0.796. The number of rotatable bonds is 4. The summed E-state index contributed by atoms with van der Waals surface area (Å²) < 4.78 is 0. The van der Waals surface area contributed by atoms with Crippen LogP contribution in [0.4, 0.5) is 0 Å². The molecule has 2 aromatic rings. The number of phenolic OH excluding ortho intramolecular Hbond substituents is 1. The molecule has 0 saturated heterocycles. The van der Waals surface area contributed by atoms with Gasteiger partial charge in [-0.25, -0.2) is 0 Å². The fourth-order valence-electron chi connectivity index (χ4n) is 1.73. The van der Waals surface area contributed by atoms with E-state index in [1.807, 2.05) is 0 Å². The molecule has 0 aliphatic rings. The van der Waals surface area contributed by atoms with Crippen LogP contribution in [-0.4, -0.2) is 38.6 Å². The second kappa shape index (κ2) is 5.35. The van der Waals surface area contributed by atoms with Gasteiger partial charge in [0, 0.05) is 18.0 Å². The highest BCUT2D eigenvalue weighted by Crippen LogP contribution is 2.29. The molecule has 2 rings (SSSR count). The molecule has 0 fully saturated rings. The molecule has 0 bridgehead atoms. The number of fused-ring (bicyclic) bond motifs is 1. The van der Waals surface area contributed by atoms with E-state index in [9.17, 15) is 14.7 Å². The molecule has 0 atom stereocenters. The Kier molecular flexibility index (Phi) is 3.60. The third-order valence-corrected chi connectivity index (χ3v) is 2.61. The Bertz CT molecular complexity index is 712. The van der Waals surface area contributed by atoms with Gasteiger partial charge in [-0.15, -0.1) is 0 Å². The fraction of sp³-hybridized carbons (Fsp3) is 0.0769. The lowest BCUT2D eigenvalue weighted by molar-refractivity contribution is -0.135. The number of nitrogens with one attached hydrogen (secondary N) is 1. The van der Waals surface area contributed by atoms with Gasteiger partial charge in [-0.1, -0.05) is 12.7 Å². The van der Waals surface area contributed by atoms with Crippen molar-refractivity contribution >= 4 is 29.0 Å². The van der Waals surface area contributed by atoms with Crippen molar-refractivity contribution in [1.29, 1.82) is 0 Å². The molecule has 7 heteroatoms. The van der Waals surface area contributed by atoms with Gasteiger partial charge >= 0.3 is 5.97 Å². The van der Waals surface area contributed by atoms with Crippen LogP contribution < -0.4 is 5.32 Å². The molecule has 0 spiro atoms. The molecule has 1 aromatic heterocycles. The zero-order valence-corrected chi connectivity index (χ0v) is 10.3. The van der Waals surface area contributed by atoms with Crippen molar-refractivity contribution in [3.8, 4) is 5.75 Å². The number of carbonyl (C=O) groups is 2. The number of benzene rings is 1. The van der Waals surface area contributed by atoms with E-state index in [1.165, 1.54) is 18.5 Å². The second-order valence-electron chi connectivity index (χ2n) is 3.89. The molecule has 20 heavy (non-hydrogen) atoms. The Hall–Kier alpha value is -2.96. The van der Waals surface area contributed by atoms with Crippen molar-refractivity contribution in [2.75, 3.05) is 6.54 Å². The summed E-state index contributed by atoms with van der Waals surface area (Å²) in [5.74, 6) is -2.23. The van der Waals surface area contributed by atoms with Crippen LogP contribution in [0.25, 0.3) is 17.1 Å². The molecule has 3 N–H and O–H groups in total. The molecule has 1 heterocycles. The van der Waals surface area contributed by atoms with E-state index in [0.29, 0.717) is 11.1 Å². The molecule has 1 amide bonds. The molecule has 0 aliphatic heterocycles. The SMILES string of the molecule is C=Cc1cc2nccnc2c(C(=O)NCC(=O)O)c1O. The molecule has 0 saturated carbocycles. The lowest BCUT2D eigenvalue weighted by Crippen LogP contribution is -2.29. The van der Waals surface area contributed by atoms with Crippen LogP contribution in [0.5, 0.6) is 5.75 Å². The Balaban J connectivity index is 2.60. The van der Waals surface area contributed by atoms with Crippen LogP contribution in [-0.2, 0) is 4.79 Å². The minimum atomic E-state index is -1.19. The quantitative estimate of drug-likeness (QED) is 0.759. The van der Waals surface area contributed by atoms with Gasteiger partial charge in [0.25, 0.3) is 5.91 Å². The lowest BCUT2D eigenvalue weighted by Gasteiger charge is -2.10. The first-order chi connectivity index (χ1) is 9.54. The first-order valence-corrected chi connectivity index (χ1v) is 5.63. The van der Waals surface area contributed by atoms with E-state index in [1.54, 1.807) is 6.07 Å². The normalized spacial score (nSPS) is 10.2. The van der Waals surface area contributed by atoms with Crippen molar-refractivity contribution < 1.29 is 19.8 Å². The third kappa shape index (κ3) is 2.41. The zero-order chi connectivity index (χ0) is 14.7. The molecular weight excluding hydrogens is 262 g/mol. The van der Waals surface area contributed by atoms with Crippen molar-refractivity contribution in [3.63, 3.8) is 0 Å². The highest BCUT2D eigenvalue weighted by molar-refractivity contribution is 6.09. The number of aromatic hydroxyl groups is 1. The van der Waals surface area contributed by atoms with Gasteiger partial charge in [0.2, 0.25) is 0 Å². The van der Waals surface area contributed by atoms with E-state index in [-0.39, 0.29) is 16.8 Å². The molecular formula is C13H11N3O4. The first-order valence-electron chi connectivity index (χ1n) is 5.63. The van der Waals surface area contributed by atoms with Gasteiger partial charge < -0.3 is 15.5 Å². The molecule has 7 nitrogen and oxygen atoms in total. The minimum Gasteiger partial charge on any atom is -0.506 e. The van der Waals surface area contributed by atoms with E-state index >= 15 is 0 Å². The van der Waals surface area contributed by atoms with Crippen molar-refractivity contribution in [3.05, 3.63) is 36.2 Å². The Morgan fingerprint density at radius 3 is 2.70 bits per heavy atom. The number of amides is 1. The van der Waals surface area contributed by atoms with Crippen LogP contribution in [0.1, 0.15) is 15.9 Å². The molecule has 0 radical (unpaired) electrons. The van der Waals surface area contributed by atoms with E-state index < -0.39 is 18.4 Å². The Labute approximate surface area is 113 Å². The predicted octanol–water partition coefficient (Wildman–Crippen LogP) is 0.793. The number of aliphatic carboxylic acids is 1. The third-order valence-electron chi connectivity index (χ3n) is 2.61. The molecule has 1 aromatic carbocycles. The zero-order valence-electron chi connectivity index (χ0n) is 10.3. The minimum absolute atomic E-state index is 0.119. The maximum absolute atomic E-state index is 12.0. The van der Waals surface area contributed by atoms with Crippen molar-refractivity contribution in [2.24, 2.45) is 0 Å². The van der Waals surface area contributed by atoms with Crippen LogP contribution >= 0.6 is 0 Å².